The van der Waals surface area contributed by atoms with Crippen LogP contribution in [-0.2, 0) is 9.53 Å². The second-order valence-corrected chi connectivity index (χ2v) is 4.82. The van der Waals surface area contributed by atoms with Crippen molar-refractivity contribution in [2.24, 2.45) is 0 Å². The molecule has 0 aliphatic heterocycles. The monoisotopic (exact) mass is 283 g/mol. The molecule has 0 saturated heterocycles. The first-order valence-electron chi connectivity index (χ1n) is 5.15. The van der Waals surface area contributed by atoms with Crippen molar-refractivity contribution >= 4 is 29.4 Å². The number of thiazole rings is 1. The zero-order valence-corrected chi connectivity index (χ0v) is 11.1. The van der Waals surface area contributed by atoms with Crippen LogP contribution in [0.15, 0.2) is 17.9 Å². The van der Waals surface area contributed by atoms with E-state index in [0.717, 1.165) is 10.6 Å². The summed E-state index contributed by atoms with van der Waals surface area (Å²) in [6, 6.07) is 0. The molecule has 2 heterocycles. The average Bonchev–Trinajstić information content (AvgIpc) is 2.77. The first-order chi connectivity index (χ1) is 8.72. The standard InChI is InChI=1S/C11H10ClN3O2S/c1-7-11(18-5-14-7)8(4-17-6-16)9-2-13-3-10(12)15-9/h2-3,5-6,8H,4H2,1H3. The summed E-state index contributed by atoms with van der Waals surface area (Å²) in [5, 5.41) is 0.311. The Morgan fingerprint density at radius 1 is 1.56 bits per heavy atom. The molecule has 0 amide bonds. The van der Waals surface area contributed by atoms with Gasteiger partial charge in [0.2, 0.25) is 0 Å². The van der Waals surface area contributed by atoms with Gasteiger partial charge in [-0.2, -0.15) is 0 Å². The van der Waals surface area contributed by atoms with Crippen LogP contribution in [-0.4, -0.2) is 28.0 Å². The minimum absolute atomic E-state index is 0.186. The molecule has 5 nitrogen and oxygen atoms in total. The van der Waals surface area contributed by atoms with E-state index in [-0.39, 0.29) is 12.5 Å². The molecule has 0 aromatic carbocycles. The lowest BCUT2D eigenvalue weighted by Gasteiger charge is -2.14. The van der Waals surface area contributed by atoms with Crippen LogP contribution in [0, 0.1) is 6.92 Å². The van der Waals surface area contributed by atoms with Gasteiger partial charge >= 0.3 is 0 Å². The van der Waals surface area contributed by atoms with Gasteiger partial charge in [-0.1, -0.05) is 11.6 Å². The lowest BCUT2D eigenvalue weighted by Crippen LogP contribution is -2.11. The van der Waals surface area contributed by atoms with Gasteiger partial charge in [-0.25, -0.2) is 9.97 Å². The summed E-state index contributed by atoms with van der Waals surface area (Å²) >= 11 is 7.32. The lowest BCUT2D eigenvalue weighted by atomic mass is 10.0. The third-order valence-electron chi connectivity index (χ3n) is 2.41. The summed E-state index contributed by atoms with van der Waals surface area (Å²) in [7, 11) is 0. The number of hydrogen-bond acceptors (Lipinski definition) is 6. The maximum absolute atomic E-state index is 10.4. The number of rotatable bonds is 5. The number of hydrogen-bond donors (Lipinski definition) is 0. The first kappa shape index (κ1) is 12.9. The van der Waals surface area contributed by atoms with E-state index in [4.69, 9.17) is 16.3 Å². The van der Waals surface area contributed by atoms with Crippen molar-refractivity contribution in [1.29, 1.82) is 0 Å². The highest BCUT2D eigenvalue weighted by atomic mass is 35.5. The Morgan fingerprint density at radius 3 is 3.00 bits per heavy atom. The largest absolute Gasteiger partial charge is 0.467 e. The van der Waals surface area contributed by atoms with E-state index in [2.05, 4.69) is 15.0 Å². The van der Waals surface area contributed by atoms with E-state index in [9.17, 15) is 4.79 Å². The van der Waals surface area contributed by atoms with Crippen LogP contribution >= 0.6 is 22.9 Å². The Labute approximate surface area is 113 Å². The summed E-state index contributed by atoms with van der Waals surface area (Å²) in [5.41, 5.74) is 3.30. The number of carbonyl (C=O) groups excluding carboxylic acids is 1. The average molecular weight is 284 g/mol. The highest BCUT2D eigenvalue weighted by Gasteiger charge is 2.21. The molecule has 18 heavy (non-hydrogen) atoms. The van der Waals surface area contributed by atoms with Gasteiger partial charge in [-0.05, 0) is 6.92 Å². The van der Waals surface area contributed by atoms with Gasteiger partial charge in [-0.3, -0.25) is 9.78 Å². The fourth-order valence-electron chi connectivity index (χ4n) is 1.60. The van der Waals surface area contributed by atoms with E-state index < -0.39 is 0 Å². The Hall–Kier alpha value is -1.53. The topological polar surface area (TPSA) is 65.0 Å². The Morgan fingerprint density at radius 2 is 2.39 bits per heavy atom. The summed E-state index contributed by atoms with van der Waals surface area (Å²) < 4.78 is 4.86. The SMILES string of the molecule is Cc1ncsc1C(COC=O)c1cncc(Cl)n1. The van der Waals surface area contributed by atoms with Gasteiger partial charge in [0.15, 0.2) is 0 Å². The smallest absolute Gasteiger partial charge is 0.293 e. The van der Waals surface area contributed by atoms with Crippen molar-refractivity contribution in [1.82, 2.24) is 15.0 Å². The molecule has 0 aliphatic carbocycles. The van der Waals surface area contributed by atoms with Gasteiger partial charge in [0, 0.05) is 11.1 Å². The summed E-state index contributed by atoms with van der Waals surface area (Å²) in [6.45, 7) is 2.51. The summed E-state index contributed by atoms with van der Waals surface area (Å²) in [5.74, 6) is -0.186. The Kier molecular flexibility index (Phi) is 4.22. The van der Waals surface area contributed by atoms with Crippen molar-refractivity contribution in [2.45, 2.75) is 12.8 Å². The molecule has 0 N–H and O–H groups in total. The fourth-order valence-corrected chi connectivity index (χ4v) is 2.65. The van der Waals surface area contributed by atoms with Crippen LogP contribution in [0.2, 0.25) is 5.15 Å². The minimum atomic E-state index is -0.186. The van der Waals surface area contributed by atoms with Crippen molar-refractivity contribution in [3.05, 3.63) is 39.3 Å². The van der Waals surface area contributed by atoms with Crippen molar-refractivity contribution in [3.8, 4) is 0 Å². The quantitative estimate of drug-likeness (QED) is 0.787. The van der Waals surface area contributed by atoms with Gasteiger partial charge in [0.05, 0.1) is 29.0 Å². The molecule has 94 valence electrons. The summed E-state index contributed by atoms with van der Waals surface area (Å²) in [4.78, 5) is 23.8. The molecule has 7 heteroatoms. The molecule has 2 aromatic rings. The van der Waals surface area contributed by atoms with Crippen molar-refractivity contribution < 1.29 is 9.53 Å². The third kappa shape index (κ3) is 2.83. The number of carbonyl (C=O) groups is 1. The molecule has 2 aromatic heterocycles. The molecular formula is C11H10ClN3O2S. The van der Waals surface area contributed by atoms with Crippen LogP contribution in [0.5, 0.6) is 0 Å². The molecule has 0 bridgehead atoms. The number of aromatic nitrogens is 3. The molecular weight excluding hydrogens is 274 g/mol. The van der Waals surface area contributed by atoms with Crippen LogP contribution < -0.4 is 0 Å². The maximum atomic E-state index is 10.4. The molecule has 0 fully saturated rings. The molecule has 2 rings (SSSR count). The Bertz CT molecular complexity index is 547. The predicted octanol–water partition coefficient (Wildman–Crippen LogP) is 2.20. The molecule has 1 atom stereocenters. The minimum Gasteiger partial charge on any atom is -0.467 e. The normalized spacial score (nSPS) is 12.1. The molecule has 0 spiro atoms. The third-order valence-corrected chi connectivity index (χ3v) is 3.64. The number of halogens is 1. The van der Waals surface area contributed by atoms with E-state index in [1.807, 2.05) is 6.92 Å². The van der Waals surface area contributed by atoms with Gasteiger partial charge < -0.3 is 4.74 Å². The lowest BCUT2D eigenvalue weighted by molar-refractivity contribution is -0.128. The van der Waals surface area contributed by atoms with Crippen LogP contribution in [0.25, 0.3) is 0 Å². The van der Waals surface area contributed by atoms with E-state index in [1.165, 1.54) is 17.5 Å². The first-order valence-corrected chi connectivity index (χ1v) is 6.40. The van der Waals surface area contributed by atoms with Gasteiger partial charge in [0.1, 0.15) is 11.8 Å². The highest BCUT2D eigenvalue weighted by molar-refractivity contribution is 7.09. The molecule has 1 unspecified atom stereocenters. The maximum Gasteiger partial charge on any atom is 0.293 e. The molecule has 0 saturated carbocycles. The second-order valence-electron chi connectivity index (χ2n) is 3.55. The van der Waals surface area contributed by atoms with Crippen molar-refractivity contribution in [2.75, 3.05) is 6.61 Å². The zero-order valence-electron chi connectivity index (χ0n) is 9.54. The van der Waals surface area contributed by atoms with E-state index in [1.54, 1.807) is 11.7 Å². The fraction of sp³-hybridized carbons (Fsp3) is 0.273. The highest BCUT2D eigenvalue weighted by Crippen LogP contribution is 2.29. The van der Waals surface area contributed by atoms with Crippen molar-refractivity contribution in [3.63, 3.8) is 0 Å². The van der Waals surface area contributed by atoms with Crippen LogP contribution in [0.1, 0.15) is 22.2 Å². The molecule has 0 radical (unpaired) electrons. The number of aryl methyl sites for hydroxylation is 1. The Balaban J connectivity index is 2.36. The van der Waals surface area contributed by atoms with Gasteiger partial charge in [-0.15, -0.1) is 11.3 Å². The van der Waals surface area contributed by atoms with Crippen LogP contribution in [0.3, 0.4) is 0 Å². The zero-order chi connectivity index (χ0) is 13.0. The number of ether oxygens (including phenoxy) is 1. The van der Waals surface area contributed by atoms with Crippen LogP contribution in [0.4, 0.5) is 0 Å². The number of nitrogens with zero attached hydrogens (tertiary/aromatic N) is 3. The molecule has 0 aliphatic rings. The summed E-state index contributed by atoms with van der Waals surface area (Å²) in [6.07, 6.45) is 3.08. The van der Waals surface area contributed by atoms with E-state index >= 15 is 0 Å². The van der Waals surface area contributed by atoms with Gasteiger partial charge in [0.25, 0.3) is 6.47 Å². The second kappa shape index (κ2) is 5.88. The predicted molar refractivity (Wildman–Crippen MR) is 67.8 cm³/mol. The van der Waals surface area contributed by atoms with E-state index in [0.29, 0.717) is 17.3 Å².